The number of rotatable bonds is 2. The molecule has 0 aliphatic carbocycles. The molecular weight excluding hydrogens is 406 g/mol. The lowest BCUT2D eigenvalue weighted by Gasteiger charge is -2.03. The van der Waals surface area contributed by atoms with Crippen molar-refractivity contribution in [2.45, 2.75) is 0 Å². The summed E-state index contributed by atoms with van der Waals surface area (Å²) in [6.07, 6.45) is 3.56. The number of fused-ring (bicyclic) bond motifs is 1. The fraction of sp³-hybridized carbons (Fsp3) is 0.0769. The van der Waals surface area contributed by atoms with E-state index in [1.54, 1.807) is 11.7 Å². The maximum atomic E-state index is 6.44. The molecule has 0 amide bonds. The Balaban J connectivity index is 2.00. The van der Waals surface area contributed by atoms with Gasteiger partial charge in [-0.1, -0.05) is 11.6 Å². The van der Waals surface area contributed by atoms with Gasteiger partial charge in [0, 0.05) is 30.4 Å². The first-order valence-corrected chi connectivity index (χ1v) is 9.10. The second kappa shape index (κ2) is 5.38. The van der Waals surface area contributed by atoms with Crippen LogP contribution in [0.4, 0.5) is 0 Å². The van der Waals surface area contributed by atoms with Crippen LogP contribution in [0.1, 0.15) is 0 Å². The Morgan fingerprint density at radius 3 is 2.82 bits per heavy atom. The third-order valence-electron chi connectivity index (χ3n) is 3.17. The first kappa shape index (κ1) is 14.3. The molecule has 0 atom stereocenters. The molecule has 110 valence electrons. The van der Waals surface area contributed by atoms with Crippen LogP contribution in [0.25, 0.3) is 33.1 Å². The van der Waals surface area contributed by atoms with E-state index in [2.05, 4.69) is 35.9 Å². The molecule has 0 N–H and O–H groups in total. The Morgan fingerprint density at radius 2 is 2.14 bits per heavy atom. The number of nitrogens with zero attached hydrogens (tertiary/aromatic N) is 5. The molecule has 0 bridgehead atoms. The van der Waals surface area contributed by atoms with Gasteiger partial charge in [0.05, 0.1) is 20.4 Å². The minimum absolute atomic E-state index is 0.410. The molecule has 0 saturated carbocycles. The minimum Gasteiger partial charge on any atom is -0.331 e. The summed E-state index contributed by atoms with van der Waals surface area (Å²) in [5, 5.41) is 3.21. The third-order valence-corrected chi connectivity index (χ3v) is 5.79. The molecule has 4 aromatic rings. The Labute approximate surface area is 146 Å². The maximum absolute atomic E-state index is 6.44. The largest absolute Gasteiger partial charge is 0.331 e. The third kappa shape index (κ3) is 2.18. The van der Waals surface area contributed by atoms with E-state index in [1.807, 2.05) is 23.2 Å². The number of thiazole rings is 1. The van der Waals surface area contributed by atoms with Gasteiger partial charge >= 0.3 is 0 Å². The van der Waals surface area contributed by atoms with Gasteiger partial charge in [-0.15, -0.1) is 22.7 Å². The normalized spacial score (nSPS) is 11.4. The van der Waals surface area contributed by atoms with E-state index in [4.69, 9.17) is 11.6 Å². The molecule has 9 heteroatoms. The minimum atomic E-state index is 0.410. The summed E-state index contributed by atoms with van der Waals surface area (Å²) in [7, 11) is 1.90. The summed E-state index contributed by atoms with van der Waals surface area (Å²) in [5.41, 5.74) is 3.61. The molecule has 0 unspecified atom stereocenters. The predicted molar refractivity (Wildman–Crippen MR) is 93.4 cm³/mol. The molecule has 0 saturated heterocycles. The van der Waals surface area contributed by atoms with Crippen molar-refractivity contribution in [2.24, 2.45) is 7.05 Å². The van der Waals surface area contributed by atoms with Crippen molar-refractivity contribution in [3.8, 4) is 22.9 Å². The van der Waals surface area contributed by atoms with Crippen molar-refractivity contribution in [3.05, 3.63) is 32.2 Å². The molecule has 4 rings (SSSR count). The Hall–Kier alpha value is -1.35. The number of hydrogen-bond donors (Lipinski definition) is 0. The van der Waals surface area contributed by atoms with Gasteiger partial charge in [-0.3, -0.25) is 0 Å². The highest BCUT2D eigenvalue weighted by atomic mass is 79.9. The average molecular weight is 413 g/mol. The Bertz CT molecular complexity index is 976. The number of thiophene rings is 1. The highest BCUT2D eigenvalue weighted by molar-refractivity contribution is 9.11. The quantitative estimate of drug-likeness (QED) is 0.450. The van der Waals surface area contributed by atoms with Gasteiger partial charge in [-0.25, -0.2) is 19.9 Å². The highest BCUT2D eigenvalue weighted by Gasteiger charge is 2.20. The number of aromatic nitrogens is 5. The SMILES string of the molecule is Cn1ccnc1-c1nc(Cl)c2c(-c3cscn3)c(Br)sc2n1. The van der Waals surface area contributed by atoms with Crippen LogP contribution < -0.4 is 0 Å². The van der Waals surface area contributed by atoms with Crippen molar-refractivity contribution in [1.82, 2.24) is 24.5 Å². The van der Waals surface area contributed by atoms with Gasteiger partial charge in [0.2, 0.25) is 0 Å². The first-order valence-electron chi connectivity index (χ1n) is 6.17. The number of aryl methyl sites for hydroxylation is 1. The van der Waals surface area contributed by atoms with Gasteiger partial charge in [-0.2, -0.15) is 0 Å². The van der Waals surface area contributed by atoms with E-state index in [9.17, 15) is 0 Å². The highest BCUT2D eigenvalue weighted by Crippen LogP contribution is 2.44. The van der Waals surface area contributed by atoms with Crippen LogP contribution in [-0.4, -0.2) is 24.5 Å². The van der Waals surface area contributed by atoms with E-state index in [0.717, 1.165) is 25.3 Å². The molecule has 4 aromatic heterocycles. The van der Waals surface area contributed by atoms with Crippen LogP contribution in [0.3, 0.4) is 0 Å². The van der Waals surface area contributed by atoms with Gasteiger partial charge in [0.15, 0.2) is 11.6 Å². The lowest BCUT2D eigenvalue weighted by atomic mass is 10.2. The molecule has 0 aromatic carbocycles. The number of hydrogen-bond acceptors (Lipinski definition) is 6. The van der Waals surface area contributed by atoms with Gasteiger partial charge in [0.25, 0.3) is 0 Å². The number of imidazole rings is 1. The van der Waals surface area contributed by atoms with Crippen molar-refractivity contribution in [3.63, 3.8) is 0 Å². The zero-order chi connectivity index (χ0) is 15.3. The van der Waals surface area contributed by atoms with Crippen LogP contribution in [0, 0.1) is 0 Å². The van der Waals surface area contributed by atoms with Crippen LogP contribution in [0.5, 0.6) is 0 Å². The molecule has 0 spiro atoms. The summed E-state index contributed by atoms with van der Waals surface area (Å²) in [4.78, 5) is 18.5. The number of halogens is 2. The molecule has 5 nitrogen and oxygen atoms in total. The zero-order valence-corrected chi connectivity index (χ0v) is 15.1. The standard InChI is InChI=1S/C13H7BrClN5S2/c1-20-3-2-16-12(20)11-18-10(15)8-7(6-4-21-5-17-6)9(14)22-13(8)19-11/h2-5H,1H3. The molecule has 0 fully saturated rings. The lowest BCUT2D eigenvalue weighted by molar-refractivity contribution is 0.909. The van der Waals surface area contributed by atoms with Crippen molar-refractivity contribution < 1.29 is 0 Å². The van der Waals surface area contributed by atoms with Crippen molar-refractivity contribution in [1.29, 1.82) is 0 Å². The summed E-state index contributed by atoms with van der Waals surface area (Å²) in [5.74, 6) is 1.20. The monoisotopic (exact) mass is 411 g/mol. The average Bonchev–Trinajstić information content (AvgIpc) is 3.17. The summed E-state index contributed by atoms with van der Waals surface area (Å²) < 4.78 is 2.81. The fourth-order valence-corrected chi connectivity index (χ4v) is 4.81. The van der Waals surface area contributed by atoms with Crippen LogP contribution in [-0.2, 0) is 7.05 Å². The molecule has 4 heterocycles. The lowest BCUT2D eigenvalue weighted by Crippen LogP contribution is -1.97. The van der Waals surface area contributed by atoms with Gasteiger partial charge in [0.1, 0.15) is 9.98 Å². The van der Waals surface area contributed by atoms with Crippen LogP contribution in [0.15, 0.2) is 27.1 Å². The second-order valence-corrected chi connectivity index (χ2v) is 7.90. The maximum Gasteiger partial charge on any atom is 0.198 e. The topological polar surface area (TPSA) is 56.5 Å². The smallest absolute Gasteiger partial charge is 0.198 e. The van der Waals surface area contributed by atoms with E-state index in [1.165, 1.54) is 22.7 Å². The fourth-order valence-electron chi connectivity index (χ4n) is 2.18. The van der Waals surface area contributed by atoms with Crippen LogP contribution in [0.2, 0.25) is 5.15 Å². The Kier molecular flexibility index (Phi) is 3.48. The van der Waals surface area contributed by atoms with Gasteiger partial charge < -0.3 is 4.57 Å². The summed E-state index contributed by atoms with van der Waals surface area (Å²) in [6.45, 7) is 0. The van der Waals surface area contributed by atoms with Crippen molar-refractivity contribution in [2.75, 3.05) is 0 Å². The van der Waals surface area contributed by atoms with E-state index < -0.39 is 0 Å². The predicted octanol–water partition coefficient (Wildman–Crippen LogP) is 4.63. The summed E-state index contributed by atoms with van der Waals surface area (Å²) in [6, 6.07) is 0. The Morgan fingerprint density at radius 1 is 1.27 bits per heavy atom. The van der Waals surface area contributed by atoms with Crippen molar-refractivity contribution >= 4 is 60.4 Å². The van der Waals surface area contributed by atoms with E-state index in [-0.39, 0.29) is 0 Å². The van der Waals surface area contributed by atoms with E-state index >= 15 is 0 Å². The van der Waals surface area contributed by atoms with E-state index in [0.29, 0.717) is 16.8 Å². The van der Waals surface area contributed by atoms with Gasteiger partial charge in [-0.05, 0) is 15.9 Å². The zero-order valence-electron chi connectivity index (χ0n) is 11.1. The molecule has 22 heavy (non-hydrogen) atoms. The molecular formula is C13H7BrClN5S2. The second-order valence-electron chi connectivity index (χ2n) is 4.50. The molecule has 0 aliphatic heterocycles. The first-order chi connectivity index (χ1) is 10.6. The summed E-state index contributed by atoms with van der Waals surface area (Å²) >= 11 is 13.1. The molecule has 0 radical (unpaired) electrons. The van der Waals surface area contributed by atoms with Crippen LogP contribution >= 0.6 is 50.2 Å². The molecule has 0 aliphatic rings.